The number of rotatable bonds is 4. The molecular formula is C18H19N3O6. The molecule has 27 heavy (non-hydrogen) atoms. The van der Waals surface area contributed by atoms with Gasteiger partial charge in [0.1, 0.15) is 11.5 Å². The number of furan rings is 1. The average Bonchev–Trinajstić information content (AvgIpc) is 3.09. The van der Waals surface area contributed by atoms with Gasteiger partial charge in [-0.3, -0.25) is 14.9 Å². The van der Waals surface area contributed by atoms with E-state index in [1.807, 2.05) is 18.2 Å². The number of amides is 1. The first-order chi connectivity index (χ1) is 12.7. The minimum atomic E-state index is -0.865. The molecule has 0 spiro atoms. The van der Waals surface area contributed by atoms with Gasteiger partial charge in [-0.2, -0.15) is 5.10 Å². The second kappa shape index (κ2) is 7.10. The first-order valence-electron chi connectivity index (χ1n) is 8.25. The highest BCUT2D eigenvalue weighted by atomic mass is 16.6. The Hall–Kier alpha value is -3.36. The molecule has 9 heteroatoms. The van der Waals surface area contributed by atoms with Crippen LogP contribution in [0.3, 0.4) is 0 Å². The Morgan fingerprint density at radius 1 is 1.30 bits per heavy atom. The summed E-state index contributed by atoms with van der Waals surface area (Å²) in [5.41, 5.74) is 3.30. The van der Waals surface area contributed by atoms with Crippen LogP contribution in [0.25, 0.3) is 0 Å². The van der Waals surface area contributed by atoms with Crippen LogP contribution in [-0.4, -0.2) is 29.8 Å². The molecule has 0 bridgehead atoms. The Kier molecular flexibility index (Phi) is 4.85. The van der Waals surface area contributed by atoms with Crippen LogP contribution in [0, 0.1) is 10.1 Å². The zero-order valence-corrected chi connectivity index (χ0v) is 15.1. The van der Waals surface area contributed by atoms with Crippen molar-refractivity contribution >= 4 is 18.0 Å². The lowest BCUT2D eigenvalue weighted by Gasteiger charge is -2.27. The molecule has 0 unspecified atom stereocenters. The van der Waals surface area contributed by atoms with Crippen LogP contribution in [0.4, 0.5) is 5.88 Å². The number of nitro groups is 1. The van der Waals surface area contributed by atoms with Crippen LogP contribution in [0.5, 0.6) is 11.5 Å². The fourth-order valence-electron chi connectivity index (χ4n) is 2.41. The zero-order chi connectivity index (χ0) is 19.6. The number of hydrogen-bond donors (Lipinski definition) is 1. The molecule has 1 aromatic heterocycles. The number of benzene rings is 1. The summed E-state index contributed by atoms with van der Waals surface area (Å²) in [5.74, 6) is 0.318. The van der Waals surface area contributed by atoms with Crippen LogP contribution in [-0.2, 0) is 10.2 Å². The van der Waals surface area contributed by atoms with Crippen molar-refractivity contribution < 1.29 is 23.6 Å². The van der Waals surface area contributed by atoms with E-state index in [-0.39, 0.29) is 17.8 Å². The van der Waals surface area contributed by atoms with E-state index in [1.54, 1.807) is 0 Å². The third-order valence-electron chi connectivity index (χ3n) is 3.92. The van der Waals surface area contributed by atoms with Crippen LogP contribution in [0.1, 0.15) is 32.1 Å². The van der Waals surface area contributed by atoms with Gasteiger partial charge in [-0.15, -0.1) is 0 Å². The van der Waals surface area contributed by atoms with Crippen molar-refractivity contribution in [3.8, 4) is 11.5 Å². The Morgan fingerprint density at radius 3 is 2.74 bits per heavy atom. The highest BCUT2D eigenvalue weighted by Crippen LogP contribution is 2.36. The van der Waals surface area contributed by atoms with Gasteiger partial charge in [0.15, 0.2) is 17.3 Å². The minimum absolute atomic E-state index is 0.0510. The Morgan fingerprint density at radius 2 is 2.07 bits per heavy atom. The van der Waals surface area contributed by atoms with Crippen LogP contribution < -0.4 is 14.9 Å². The van der Waals surface area contributed by atoms with Gasteiger partial charge >= 0.3 is 5.88 Å². The van der Waals surface area contributed by atoms with E-state index in [4.69, 9.17) is 13.9 Å². The number of carbonyl (C=O) groups excluding carboxylic acids is 1. The smallest absolute Gasteiger partial charge is 0.433 e. The number of fused-ring (bicyclic) bond motifs is 1. The molecule has 2 aromatic rings. The predicted octanol–water partition coefficient (Wildman–Crippen LogP) is 2.78. The summed E-state index contributed by atoms with van der Waals surface area (Å²) in [4.78, 5) is 22.1. The SMILES string of the molecule is CC(C)(C)c1ccc2c(c1)O[C@H](C(=O)N/N=C/c1ccc([N+](=O)[O-])o1)CO2. The number of nitrogens with one attached hydrogen (secondary N) is 1. The number of ether oxygens (including phenoxy) is 2. The summed E-state index contributed by atoms with van der Waals surface area (Å²) in [7, 11) is 0. The molecule has 142 valence electrons. The Bertz CT molecular complexity index is 897. The highest BCUT2D eigenvalue weighted by molar-refractivity contribution is 5.84. The number of nitrogens with zero attached hydrogens (tertiary/aromatic N) is 2. The van der Waals surface area contributed by atoms with Crippen molar-refractivity contribution in [3.05, 3.63) is 51.8 Å². The molecule has 1 aliphatic rings. The number of carbonyl (C=O) groups is 1. The van der Waals surface area contributed by atoms with Gasteiger partial charge < -0.3 is 13.9 Å². The molecule has 1 atom stereocenters. The van der Waals surface area contributed by atoms with Crippen molar-refractivity contribution in [2.75, 3.05) is 6.61 Å². The molecule has 0 saturated heterocycles. The lowest BCUT2D eigenvalue weighted by atomic mass is 9.87. The molecule has 0 saturated carbocycles. The number of hydrogen-bond acceptors (Lipinski definition) is 7. The lowest BCUT2D eigenvalue weighted by molar-refractivity contribution is -0.402. The highest BCUT2D eigenvalue weighted by Gasteiger charge is 2.28. The van der Waals surface area contributed by atoms with Gasteiger partial charge in [0, 0.05) is 0 Å². The topological polar surface area (TPSA) is 116 Å². The van der Waals surface area contributed by atoms with E-state index in [1.165, 1.54) is 18.3 Å². The zero-order valence-electron chi connectivity index (χ0n) is 15.1. The maximum atomic E-state index is 12.2. The van der Waals surface area contributed by atoms with Crippen molar-refractivity contribution in [2.24, 2.45) is 5.10 Å². The summed E-state index contributed by atoms with van der Waals surface area (Å²) in [5, 5.41) is 14.3. The monoisotopic (exact) mass is 373 g/mol. The van der Waals surface area contributed by atoms with E-state index >= 15 is 0 Å². The quantitative estimate of drug-likeness (QED) is 0.500. The van der Waals surface area contributed by atoms with Crippen LogP contribution in [0.15, 0.2) is 39.9 Å². The molecule has 0 radical (unpaired) electrons. The van der Waals surface area contributed by atoms with Gasteiger partial charge in [0.2, 0.25) is 6.10 Å². The average molecular weight is 373 g/mol. The largest absolute Gasteiger partial charge is 0.485 e. The van der Waals surface area contributed by atoms with E-state index in [0.29, 0.717) is 11.5 Å². The van der Waals surface area contributed by atoms with E-state index < -0.39 is 22.8 Å². The van der Waals surface area contributed by atoms with Crippen LogP contribution in [0.2, 0.25) is 0 Å². The van der Waals surface area contributed by atoms with Crippen molar-refractivity contribution in [1.82, 2.24) is 5.43 Å². The molecule has 1 N–H and O–H groups in total. The molecule has 0 fully saturated rings. The fourth-order valence-corrected chi connectivity index (χ4v) is 2.41. The van der Waals surface area contributed by atoms with E-state index in [2.05, 4.69) is 31.3 Å². The second-order valence-electron chi connectivity index (χ2n) is 7.00. The van der Waals surface area contributed by atoms with Gasteiger partial charge in [-0.05, 0) is 29.2 Å². The molecule has 1 aliphatic heterocycles. The summed E-state index contributed by atoms with van der Waals surface area (Å²) in [6.07, 6.45) is 0.302. The molecule has 1 aromatic carbocycles. The van der Waals surface area contributed by atoms with Gasteiger partial charge in [0.25, 0.3) is 5.91 Å². The maximum Gasteiger partial charge on any atom is 0.433 e. The minimum Gasteiger partial charge on any atom is -0.485 e. The first kappa shape index (κ1) is 18.4. The standard InChI is InChI=1S/C18H19N3O6/c1-18(2,3)11-4-6-13-14(8-11)27-15(10-25-13)17(22)20-19-9-12-5-7-16(26-12)21(23)24/h4-9,15H,10H2,1-3H3,(H,20,22)/b19-9+/t15-/m0/s1. The summed E-state index contributed by atoms with van der Waals surface area (Å²) < 4.78 is 16.2. The summed E-state index contributed by atoms with van der Waals surface area (Å²) >= 11 is 0. The fraction of sp³-hybridized carbons (Fsp3) is 0.333. The normalized spacial score (nSPS) is 16.3. The van der Waals surface area contributed by atoms with Crippen LogP contribution >= 0.6 is 0 Å². The second-order valence-corrected chi connectivity index (χ2v) is 7.00. The lowest BCUT2D eigenvalue weighted by Crippen LogP contribution is -2.42. The van der Waals surface area contributed by atoms with Gasteiger partial charge in [-0.25, -0.2) is 5.43 Å². The molecule has 3 rings (SSSR count). The molecule has 2 heterocycles. The Balaban J connectivity index is 1.63. The number of hydrazone groups is 1. The third kappa shape index (κ3) is 4.25. The third-order valence-corrected chi connectivity index (χ3v) is 3.92. The first-order valence-corrected chi connectivity index (χ1v) is 8.25. The Labute approximate surface area is 155 Å². The van der Waals surface area contributed by atoms with Gasteiger partial charge in [-0.1, -0.05) is 26.8 Å². The molecule has 1 amide bonds. The summed E-state index contributed by atoms with van der Waals surface area (Å²) in [6, 6.07) is 8.23. The van der Waals surface area contributed by atoms with Crippen molar-refractivity contribution in [2.45, 2.75) is 32.3 Å². The molecular weight excluding hydrogens is 354 g/mol. The van der Waals surface area contributed by atoms with E-state index in [0.717, 1.165) is 5.56 Å². The predicted molar refractivity (Wildman–Crippen MR) is 96.2 cm³/mol. The van der Waals surface area contributed by atoms with Crippen molar-refractivity contribution in [1.29, 1.82) is 0 Å². The maximum absolute atomic E-state index is 12.2. The molecule has 0 aliphatic carbocycles. The molecule has 9 nitrogen and oxygen atoms in total. The van der Waals surface area contributed by atoms with E-state index in [9.17, 15) is 14.9 Å². The van der Waals surface area contributed by atoms with Crippen molar-refractivity contribution in [3.63, 3.8) is 0 Å². The summed E-state index contributed by atoms with van der Waals surface area (Å²) in [6.45, 7) is 6.29. The van der Waals surface area contributed by atoms with Gasteiger partial charge in [0.05, 0.1) is 12.3 Å².